The lowest BCUT2D eigenvalue weighted by Gasteiger charge is -2.31. The zero-order chi connectivity index (χ0) is 19.9. The van der Waals surface area contributed by atoms with Gasteiger partial charge in [-0.2, -0.15) is 13.2 Å². The predicted octanol–water partition coefficient (Wildman–Crippen LogP) is 2.56. The van der Waals surface area contributed by atoms with Gasteiger partial charge in [0, 0.05) is 6.54 Å². The number of amides is 2. The molecule has 0 aromatic heterocycles. The number of rotatable bonds is 6. The van der Waals surface area contributed by atoms with Crippen LogP contribution in [0.1, 0.15) is 37.7 Å². The van der Waals surface area contributed by atoms with Crippen molar-refractivity contribution in [2.75, 3.05) is 13.1 Å². The minimum Gasteiger partial charge on any atom is -0.375 e. The van der Waals surface area contributed by atoms with Crippen molar-refractivity contribution >= 4 is 11.8 Å². The molecule has 0 fully saturated rings. The molecule has 1 aromatic carbocycles. The molecule has 0 spiro atoms. The van der Waals surface area contributed by atoms with Gasteiger partial charge in [-0.15, -0.1) is 0 Å². The highest BCUT2D eigenvalue weighted by atomic mass is 19.4. The molecular weight excluding hydrogens is 361 g/mol. The Morgan fingerprint density at radius 2 is 1.70 bits per heavy atom. The van der Waals surface area contributed by atoms with Crippen LogP contribution < -0.4 is 10.6 Å². The quantitative estimate of drug-likeness (QED) is 0.521. The zero-order valence-electron chi connectivity index (χ0n) is 14.8. The Labute approximate surface area is 155 Å². The Kier molecular flexibility index (Phi) is 7.01. The summed E-state index contributed by atoms with van der Waals surface area (Å²) in [4.78, 5) is 23.6. The maximum Gasteiger partial charge on any atom is 0.423 e. The number of hydrogen-bond acceptors (Lipinski definition) is 3. The minimum absolute atomic E-state index is 0.236. The average molecular weight is 384 g/mol. The molecule has 2 rings (SSSR count). The molecule has 0 saturated heterocycles. The van der Waals surface area contributed by atoms with Crippen LogP contribution in [0.2, 0.25) is 0 Å². The van der Waals surface area contributed by atoms with Crippen molar-refractivity contribution in [3.8, 4) is 0 Å². The summed E-state index contributed by atoms with van der Waals surface area (Å²) in [7, 11) is 0. The van der Waals surface area contributed by atoms with E-state index in [1.807, 2.05) is 5.32 Å². The summed E-state index contributed by atoms with van der Waals surface area (Å²) < 4.78 is 40.0. The Balaban J connectivity index is 1.89. The summed E-state index contributed by atoms with van der Waals surface area (Å²) in [5.41, 5.74) is -2.49. The number of carbonyl (C=O) groups is 2. The first-order chi connectivity index (χ1) is 12.7. The SMILES string of the molecule is O=C(NCCC1=CCCCC1)C(=O)NC[C@](O)(c1ccccc1)C(F)(F)F. The van der Waals surface area contributed by atoms with Crippen LogP contribution in [-0.4, -0.2) is 36.2 Å². The highest BCUT2D eigenvalue weighted by Crippen LogP contribution is 2.38. The van der Waals surface area contributed by atoms with Crippen molar-refractivity contribution in [3.05, 3.63) is 47.5 Å². The van der Waals surface area contributed by atoms with Crippen LogP contribution in [-0.2, 0) is 15.2 Å². The van der Waals surface area contributed by atoms with Gasteiger partial charge in [0.2, 0.25) is 5.60 Å². The van der Waals surface area contributed by atoms with Crippen LogP contribution in [0.15, 0.2) is 42.0 Å². The molecule has 8 heteroatoms. The molecule has 148 valence electrons. The number of benzene rings is 1. The molecule has 1 aliphatic rings. The first kappa shape index (κ1) is 21.0. The monoisotopic (exact) mass is 384 g/mol. The number of aliphatic hydroxyl groups is 1. The summed E-state index contributed by atoms with van der Waals surface area (Å²) in [6.45, 7) is -0.918. The van der Waals surface area contributed by atoms with Crippen molar-refractivity contribution in [2.24, 2.45) is 0 Å². The van der Waals surface area contributed by atoms with Gasteiger partial charge < -0.3 is 15.7 Å². The van der Waals surface area contributed by atoms with E-state index in [-0.39, 0.29) is 6.54 Å². The smallest absolute Gasteiger partial charge is 0.375 e. The Morgan fingerprint density at radius 3 is 2.30 bits per heavy atom. The molecular formula is C19H23F3N2O3. The van der Waals surface area contributed by atoms with Crippen molar-refractivity contribution < 1.29 is 27.9 Å². The first-order valence-electron chi connectivity index (χ1n) is 8.82. The second kappa shape index (κ2) is 9.03. The number of nitrogens with one attached hydrogen (secondary N) is 2. The number of carbonyl (C=O) groups excluding carboxylic acids is 2. The molecule has 0 heterocycles. The summed E-state index contributed by atoms with van der Waals surface area (Å²) in [5.74, 6) is -2.24. The predicted molar refractivity (Wildman–Crippen MR) is 93.6 cm³/mol. The maximum absolute atomic E-state index is 13.3. The van der Waals surface area contributed by atoms with E-state index < -0.39 is 35.7 Å². The van der Waals surface area contributed by atoms with Gasteiger partial charge in [-0.05, 0) is 37.7 Å². The molecule has 0 radical (unpaired) electrons. The lowest BCUT2D eigenvalue weighted by atomic mass is 9.93. The average Bonchev–Trinajstić information content (AvgIpc) is 2.66. The maximum atomic E-state index is 13.3. The lowest BCUT2D eigenvalue weighted by Crippen LogP contribution is -2.53. The largest absolute Gasteiger partial charge is 0.423 e. The Morgan fingerprint density at radius 1 is 1.04 bits per heavy atom. The molecule has 27 heavy (non-hydrogen) atoms. The minimum atomic E-state index is -5.02. The summed E-state index contributed by atoms with van der Waals surface area (Å²) >= 11 is 0. The summed E-state index contributed by atoms with van der Waals surface area (Å²) in [5, 5.41) is 14.4. The molecule has 1 aromatic rings. The first-order valence-corrected chi connectivity index (χ1v) is 8.82. The summed E-state index contributed by atoms with van der Waals surface area (Å²) in [6, 6.07) is 6.42. The third kappa shape index (κ3) is 5.56. The molecule has 3 N–H and O–H groups in total. The van der Waals surface area contributed by atoms with Crippen molar-refractivity contribution in [2.45, 2.75) is 43.9 Å². The highest BCUT2D eigenvalue weighted by Gasteiger charge is 2.55. The molecule has 5 nitrogen and oxygen atoms in total. The fourth-order valence-corrected chi connectivity index (χ4v) is 2.92. The van der Waals surface area contributed by atoms with E-state index in [0.717, 1.165) is 37.8 Å². The highest BCUT2D eigenvalue weighted by molar-refractivity contribution is 6.35. The van der Waals surface area contributed by atoms with E-state index in [1.165, 1.54) is 23.8 Å². The van der Waals surface area contributed by atoms with Gasteiger partial charge >= 0.3 is 18.0 Å². The molecule has 1 atom stereocenters. The topological polar surface area (TPSA) is 78.4 Å². The zero-order valence-corrected chi connectivity index (χ0v) is 14.8. The molecule has 2 amide bonds. The van der Waals surface area contributed by atoms with Crippen LogP contribution in [0.3, 0.4) is 0 Å². The molecule has 0 unspecified atom stereocenters. The van der Waals surface area contributed by atoms with Crippen LogP contribution in [0.4, 0.5) is 13.2 Å². The van der Waals surface area contributed by atoms with Crippen LogP contribution >= 0.6 is 0 Å². The number of halogens is 3. The van der Waals surface area contributed by atoms with Crippen LogP contribution in [0.5, 0.6) is 0 Å². The fraction of sp³-hybridized carbons (Fsp3) is 0.474. The van der Waals surface area contributed by atoms with Crippen molar-refractivity contribution in [3.63, 3.8) is 0 Å². The van der Waals surface area contributed by atoms with Crippen molar-refractivity contribution in [1.29, 1.82) is 0 Å². The molecule has 1 aliphatic carbocycles. The van der Waals surface area contributed by atoms with Gasteiger partial charge in [-0.1, -0.05) is 42.0 Å². The van der Waals surface area contributed by atoms with E-state index >= 15 is 0 Å². The molecule has 0 aliphatic heterocycles. The Hall–Kier alpha value is -2.35. The van der Waals surface area contributed by atoms with Crippen molar-refractivity contribution in [1.82, 2.24) is 10.6 Å². The molecule has 0 bridgehead atoms. The van der Waals surface area contributed by atoms with Gasteiger partial charge in [0.25, 0.3) is 0 Å². The van der Waals surface area contributed by atoms with Crippen LogP contribution in [0, 0.1) is 0 Å². The van der Waals surface area contributed by atoms with E-state index in [9.17, 15) is 27.9 Å². The van der Waals surface area contributed by atoms with Gasteiger partial charge in [0.05, 0.1) is 6.54 Å². The number of alkyl halides is 3. The fourth-order valence-electron chi connectivity index (χ4n) is 2.92. The lowest BCUT2D eigenvalue weighted by molar-refractivity contribution is -0.264. The number of hydrogen-bond donors (Lipinski definition) is 3. The van der Waals surface area contributed by atoms with E-state index in [2.05, 4.69) is 11.4 Å². The van der Waals surface area contributed by atoms with Gasteiger partial charge in [0.1, 0.15) is 0 Å². The van der Waals surface area contributed by atoms with E-state index in [4.69, 9.17) is 0 Å². The second-order valence-corrected chi connectivity index (χ2v) is 6.52. The summed E-state index contributed by atoms with van der Waals surface area (Å²) in [6.07, 6.45) is 1.88. The molecule has 0 saturated carbocycles. The standard InChI is InChI=1S/C19H23F3N2O3/c20-19(21,22)18(27,15-9-5-2-6-10-15)13-24-17(26)16(25)23-12-11-14-7-3-1-4-8-14/h2,5-7,9-10,27H,1,3-4,8,11-13H2,(H,23,25)(H,24,26)/t18-/m0/s1. The van der Waals surface area contributed by atoms with E-state index in [1.54, 1.807) is 0 Å². The Bertz CT molecular complexity index is 689. The van der Waals surface area contributed by atoms with E-state index in [0.29, 0.717) is 6.42 Å². The third-order valence-electron chi connectivity index (χ3n) is 4.55. The van der Waals surface area contributed by atoms with Gasteiger partial charge in [-0.25, -0.2) is 0 Å². The number of allylic oxidation sites excluding steroid dienone is 1. The normalized spacial score (nSPS) is 16.8. The second-order valence-electron chi connectivity index (χ2n) is 6.52. The van der Waals surface area contributed by atoms with Gasteiger partial charge in [-0.3, -0.25) is 9.59 Å². The third-order valence-corrected chi connectivity index (χ3v) is 4.55. The van der Waals surface area contributed by atoms with Gasteiger partial charge in [0.15, 0.2) is 0 Å². The van der Waals surface area contributed by atoms with Crippen LogP contribution in [0.25, 0.3) is 0 Å².